The molecule has 3 nitrogen and oxygen atoms in total. The third kappa shape index (κ3) is 3.05. The van der Waals surface area contributed by atoms with Crippen molar-refractivity contribution in [2.45, 2.75) is 27.3 Å². The van der Waals surface area contributed by atoms with E-state index in [4.69, 9.17) is 9.15 Å². The highest BCUT2D eigenvalue weighted by Gasteiger charge is 2.08. The fourth-order valence-corrected chi connectivity index (χ4v) is 1.93. The number of hydrogen-bond donors (Lipinski definition) is 1. The summed E-state index contributed by atoms with van der Waals surface area (Å²) in [5.74, 6) is 2.43. The summed E-state index contributed by atoms with van der Waals surface area (Å²) in [6, 6.07) is 8.06. The number of nitrogens with one attached hydrogen (secondary N) is 1. The van der Waals surface area contributed by atoms with Crippen LogP contribution < -0.4 is 10.1 Å². The molecule has 1 aromatic carbocycles. The van der Waals surface area contributed by atoms with Crippen LogP contribution in [0.3, 0.4) is 0 Å². The van der Waals surface area contributed by atoms with Crippen molar-refractivity contribution in [3.8, 4) is 5.75 Å². The van der Waals surface area contributed by atoms with Crippen LogP contribution in [-0.2, 0) is 6.54 Å². The van der Waals surface area contributed by atoms with Gasteiger partial charge in [0.1, 0.15) is 5.76 Å². The van der Waals surface area contributed by atoms with Gasteiger partial charge < -0.3 is 14.5 Å². The van der Waals surface area contributed by atoms with Gasteiger partial charge >= 0.3 is 0 Å². The minimum Gasteiger partial charge on any atom is -0.490 e. The molecular weight excluding hydrogens is 226 g/mol. The molecule has 1 aromatic heterocycles. The summed E-state index contributed by atoms with van der Waals surface area (Å²) in [5, 5.41) is 4.48. The maximum absolute atomic E-state index is 5.85. The van der Waals surface area contributed by atoms with Crippen molar-refractivity contribution < 1.29 is 9.15 Å². The molecular formula is C15H21NO2. The molecule has 0 aliphatic heterocycles. The fraction of sp³-hybridized carbons (Fsp3) is 0.467. The molecule has 3 heteroatoms. The van der Waals surface area contributed by atoms with Crippen LogP contribution in [0.25, 0.3) is 11.0 Å². The van der Waals surface area contributed by atoms with Crippen LogP contribution in [0.5, 0.6) is 5.75 Å². The van der Waals surface area contributed by atoms with Gasteiger partial charge in [0.2, 0.25) is 0 Å². The van der Waals surface area contributed by atoms with Crippen molar-refractivity contribution in [3.63, 3.8) is 0 Å². The molecule has 98 valence electrons. The quantitative estimate of drug-likeness (QED) is 0.847. The van der Waals surface area contributed by atoms with Crippen molar-refractivity contribution in [2.24, 2.45) is 5.92 Å². The predicted octanol–water partition coefficient (Wildman–Crippen LogP) is 3.58. The van der Waals surface area contributed by atoms with Gasteiger partial charge in [-0.1, -0.05) is 26.0 Å². The van der Waals surface area contributed by atoms with Crippen LogP contribution in [0.2, 0.25) is 0 Å². The Morgan fingerprint density at radius 2 is 2.17 bits per heavy atom. The molecule has 0 unspecified atom stereocenters. The van der Waals surface area contributed by atoms with Crippen molar-refractivity contribution in [1.82, 2.24) is 5.32 Å². The third-order valence-electron chi connectivity index (χ3n) is 2.71. The summed E-state index contributed by atoms with van der Waals surface area (Å²) in [6.45, 7) is 8.78. The molecule has 0 aliphatic carbocycles. The largest absolute Gasteiger partial charge is 0.490 e. The lowest BCUT2D eigenvalue weighted by atomic mass is 10.2. The number of hydrogen-bond acceptors (Lipinski definition) is 3. The van der Waals surface area contributed by atoms with Crippen LogP contribution in [0.1, 0.15) is 26.5 Å². The van der Waals surface area contributed by atoms with E-state index in [9.17, 15) is 0 Å². The minimum atomic E-state index is 0.647. The third-order valence-corrected chi connectivity index (χ3v) is 2.71. The number of ether oxygens (including phenoxy) is 1. The van der Waals surface area contributed by atoms with Crippen molar-refractivity contribution in [3.05, 3.63) is 30.0 Å². The number of furan rings is 1. The lowest BCUT2D eigenvalue weighted by Crippen LogP contribution is -2.18. The second-order valence-electron chi connectivity index (χ2n) is 4.84. The number of para-hydroxylation sites is 1. The first kappa shape index (κ1) is 13.0. The van der Waals surface area contributed by atoms with E-state index in [1.54, 1.807) is 0 Å². The Hall–Kier alpha value is -1.48. The van der Waals surface area contributed by atoms with E-state index < -0.39 is 0 Å². The lowest BCUT2D eigenvalue weighted by molar-refractivity contribution is 0.337. The molecule has 0 spiro atoms. The fourth-order valence-electron chi connectivity index (χ4n) is 1.93. The Morgan fingerprint density at radius 1 is 1.33 bits per heavy atom. The van der Waals surface area contributed by atoms with Gasteiger partial charge in [0, 0.05) is 5.39 Å². The van der Waals surface area contributed by atoms with E-state index in [-0.39, 0.29) is 0 Å². The summed E-state index contributed by atoms with van der Waals surface area (Å²) in [7, 11) is 0. The highest BCUT2D eigenvalue weighted by molar-refractivity contribution is 5.83. The average molecular weight is 247 g/mol. The lowest BCUT2D eigenvalue weighted by Gasteiger charge is -2.05. The van der Waals surface area contributed by atoms with Crippen molar-refractivity contribution in [2.75, 3.05) is 13.2 Å². The molecule has 18 heavy (non-hydrogen) atoms. The number of rotatable bonds is 6. The summed E-state index contributed by atoms with van der Waals surface area (Å²) >= 11 is 0. The summed E-state index contributed by atoms with van der Waals surface area (Å²) in [6.07, 6.45) is 0. The highest BCUT2D eigenvalue weighted by Crippen LogP contribution is 2.28. The van der Waals surface area contributed by atoms with Crippen LogP contribution in [0, 0.1) is 5.92 Å². The molecule has 0 aliphatic rings. The average Bonchev–Trinajstić information content (AvgIpc) is 2.73. The van der Waals surface area contributed by atoms with E-state index in [1.165, 1.54) is 0 Å². The van der Waals surface area contributed by atoms with Crippen molar-refractivity contribution in [1.29, 1.82) is 0 Å². The van der Waals surface area contributed by atoms with E-state index in [0.717, 1.165) is 35.6 Å². The van der Waals surface area contributed by atoms with Gasteiger partial charge in [0.15, 0.2) is 11.3 Å². The molecule has 2 aromatic rings. The Kier molecular flexibility index (Phi) is 4.26. The zero-order valence-electron chi connectivity index (χ0n) is 11.3. The molecule has 0 saturated heterocycles. The molecule has 2 rings (SSSR count). The van der Waals surface area contributed by atoms with Crippen LogP contribution in [0.15, 0.2) is 28.7 Å². The first-order valence-electron chi connectivity index (χ1n) is 6.55. The smallest absolute Gasteiger partial charge is 0.176 e. The number of fused-ring (bicyclic) bond motifs is 1. The van der Waals surface area contributed by atoms with E-state index in [0.29, 0.717) is 12.5 Å². The first-order valence-corrected chi connectivity index (χ1v) is 6.55. The maximum Gasteiger partial charge on any atom is 0.176 e. The summed E-state index contributed by atoms with van der Waals surface area (Å²) in [4.78, 5) is 0. The molecule has 0 atom stereocenters. The predicted molar refractivity (Wildman–Crippen MR) is 73.9 cm³/mol. The molecule has 0 radical (unpaired) electrons. The van der Waals surface area contributed by atoms with E-state index in [1.807, 2.05) is 25.1 Å². The van der Waals surface area contributed by atoms with Gasteiger partial charge in [-0.05, 0) is 31.5 Å². The van der Waals surface area contributed by atoms with Crippen LogP contribution in [-0.4, -0.2) is 13.2 Å². The SMILES string of the molecule is CCOc1cccc2cc(CNCC(C)C)oc12. The maximum atomic E-state index is 5.85. The van der Waals surface area contributed by atoms with Gasteiger partial charge in [-0.2, -0.15) is 0 Å². The Labute approximate surface area is 108 Å². The van der Waals surface area contributed by atoms with Crippen LogP contribution >= 0.6 is 0 Å². The normalized spacial score (nSPS) is 11.3. The van der Waals surface area contributed by atoms with Gasteiger partial charge in [-0.15, -0.1) is 0 Å². The Balaban J connectivity index is 2.13. The number of benzene rings is 1. The zero-order chi connectivity index (χ0) is 13.0. The summed E-state index contributed by atoms with van der Waals surface area (Å²) < 4.78 is 11.4. The standard InChI is InChI=1S/C15H21NO2/c1-4-17-14-7-5-6-12-8-13(18-15(12)14)10-16-9-11(2)3/h5-8,11,16H,4,9-10H2,1-3H3. The van der Waals surface area contributed by atoms with Crippen LogP contribution in [0.4, 0.5) is 0 Å². The molecule has 1 N–H and O–H groups in total. The molecule has 0 amide bonds. The molecule has 1 heterocycles. The van der Waals surface area contributed by atoms with Gasteiger partial charge in [-0.3, -0.25) is 0 Å². The van der Waals surface area contributed by atoms with E-state index in [2.05, 4.69) is 25.2 Å². The monoisotopic (exact) mass is 247 g/mol. The Morgan fingerprint density at radius 3 is 2.89 bits per heavy atom. The first-order chi connectivity index (χ1) is 8.70. The summed E-state index contributed by atoms with van der Waals surface area (Å²) in [5.41, 5.74) is 0.848. The molecule has 0 bridgehead atoms. The molecule has 0 fully saturated rings. The van der Waals surface area contributed by atoms with Gasteiger partial charge in [0.25, 0.3) is 0 Å². The topological polar surface area (TPSA) is 34.4 Å². The second-order valence-corrected chi connectivity index (χ2v) is 4.84. The Bertz CT molecular complexity index is 502. The zero-order valence-corrected chi connectivity index (χ0v) is 11.3. The molecule has 0 saturated carbocycles. The second kappa shape index (κ2) is 5.91. The minimum absolute atomic E-state index is 0.647. The van der Waals surface area contributed by atoms with E-state index >= 15 is 0 Å². The van der Waals surface area contributed by atoms with Crippen molar-refractivity contribution >= 4 is 11.0 Å². The van der Waals surface area contributed by atoms with Gasteiger partial charge in [-0.25, -0.2) is 0 Å². The highest BCUT2D eigenvalue weighted by atomic mass is 16.5. The van der Waals surface area contributed by atoms with Gasteiger partial charge in [0.05, 0.1) is 13.2 Å².